The van der Waals surface area contributed by atoms with Crippen LogP contribution in [0.5, 0.6) is 5.75 Å². The largest absolute Gasteiger partial charge is 0.494 e. The monoisotopic (exact) mass is 361 g/mol. The van der Waals surface area contributed by atoms with Gasteiger partial charge in [-0.15, -0.1) is 0 Å². The fourth-order valence-electron chi connectivity index (χ4n) is 4.33. The molecule has 2 aliphatic rings. The lowest BCUT2D eigenvalue weighted by molar-refractivity contribution is 0.339. The average Bonchev–Trinajstić information content (AvgIpc) is 2.95. The fourth-order valence-corrected chi connectivity index (χ4v) is 4.33. The number of nitriles is 1. The van der Waals surface area contributed by atoms with Gasteiger partial charge in [0.1, 0.15) is 5.75 Å². The van der Waals surface area contributed by atoms with E-state index in [1.54, 1.807) is 0 Å². The van der Waals surface area contributed by atoms with E-state index in [-0.39, 0.29) is 12.0 Å². The summed E-state index contributed by atoms with van der Waals surface area (Å²) in [7, 11) is 0. The molecule has 0 spiro atoms. The van der Waals surface area contributed by atoms with E-state index in [0.29, 0.717) is 12.6 Å². The Morgan fingerprint density at radius 3 is 2.52 bits per heavy atom. The second-order valence-electron chi connectivity index (χ2n) is 7.35. The van der Waals surface area contributed by atoms with Crippen molar-refractivity contribution < 1.29 is 4.74 Å². The Hall–Kier alpha value is -2.67. The molecule has 0 aromatic heterocycles. The third kappa shape index (κ3) is 3.12. The number of rotatable bonds is 6. The van der Waals surface area contributed by atoms with Crippen molar-refractivity contribution in [1.82, 2.24) is 0 Å². The lowest BCUT2D eigenvalue weighted by Gasteiger charge is -2.41. The van der Waals surface area contributed by atoms with Crippen molar-refractivity contribution in [2.45, 2.75) is 51.1 Å². The van der Waals surface area contributed by atoms with Crippen LogP contribution in [0.2, 0.25) is 0 Å². The normalized spacial score (nSPS) is 21.3. The highest BCUT2D eigenvalue weighted by Gasteiger charge is 2.44. The summed E-state index contributed by atoms with van der Waals surface area (Å²) < 4.78 is 5.75. The molecule has 1 heterocycles. The lowest BCUT2D eigenvalue weighted by Crippen LogP contribution is -2.41. The molecule has 1 N–H and O–H groups in total. The van der Waals surface area contributed by atoms with E-state index in [1.165, 1.54) is 30.5 Å². The Labute approximate surface area is 161 Å². The molecule has 0 amide bonds. The molecule has 4 rings (SSSR count). The molecule has 1 saturated carbocycles. The standard InChI is InChI=1S/C23H27N3O/c1-3-25-17-10-8-16(9-11-17)23-21(15-24)20-13-12-19(27-4-2)14-22(20)26(23)18-6-5-7-18/h8-14,18,21,23,25H,3-7H2,1-2H3. The first-order chi connectivity index (χ1) is 13.3. The summed E-state index contributed by atoms with van der Waals surface area (Å²) in [5, 5.41) is 13.4. The quantitative estimate of drug-likeness (QED) is 0.764. The number of ether oxygens (including phenoxy) is 1. The molecule has 2 unspecified atom stereocenters. The topological polar surface area (TPSA) is 48.3 Å². The summed E-state index contributed by atoms with van der Waals surface area (Å²) >= 11 is 0. The number of nitrogens with one attached hydrogen (secondary N) is 1. The second kappa shape index (κ2) is 7.52. The van der Waals surface area contributed by atoms with E-state index in [2.05, 4.69) is 59.6 Å². The van der Waals surface area contributed by atoms with Crippen molar-refractivity contribution in [2.24, 2.45) is 0 Å². The van der Waals surface area contributed by atoms with Crippen LogP contribution in [-0.4, -0.2) is 19.2 Å². The van der Waals surface area contributed by atoms with Crippen LogP contribution in [0.15, 0.2) is 42.5 Å². The lowest BCUT2D eigenvalue weighted by atomic mass is 9.87. The number of fused-ring (bicyclic) bond motifs is 1. The summed E-state index contributed by atoms with van der Waals surface area (Å²) in [5.41, 5.74) is 4.65. The van der Waals surface area contributed by atoms with E-state index in [9.17, 15) is 5.26 Å². The second-order valence-corrected chi connectivity index (χ2v) is 7.35. The molecule has 1 aliphatic heterocycles. The van der Waals surface area contributed by atoms with Gasteiger partial charge in [-0.3, -0.25) is 0 Å². The highest BCUT2D eigenvalue weighted by molar-refractivity contribution is 5.68. The van der Waals surface area contributed by atoms with E-state index in [1.807, 2.05) is 13.0 Å². The molecular formula is C23H27N3O. The van der Waals surface area contributed by atoms with E-state index in [0.717, 1.165) is 23.5 Å². The van der Waals surface area contributed by atoms with Crippen molar-refractivity contribution >= 4 is 11.4 Å². The van der Waals surface area contributed by atoms with E-state index < -0.39 is 0 Å². The summed E-state index contributed by atoms with van der Waals surface area (Å²) in [6, 6.07) is 18.0. The van der Waals surface area contributed by atoms with E-state index >= 15 is 0 Å². The number of benzene rings is 2. The first kappa shape index (κ1) is 17.7. The van der Waals surface area contributed by atoms with Crippen LogP contribution in [0.25, 0.3) is 0 Å². The predicted octanol–water partition coefficient (Wildman–Crippen LogP) is 5.24. The third-order valence-electron chi connectivity index (χ3n) is 5.78. The Morgan fingerprint density at radius 1 is 1.15 bits per heavy atom. The third-order valence-corrected chi connectivity index (χ3v) is 5.78. The molecular weight excluding hydrogens is 334 g/mol. The molecule has 140 valence electrons. The van der Waals surface area contributed by atoms with Gasteiger partial charge in [0.2, 0.25) is 0 Å². The first-order valence-corrected chi connectivity index (χ1v) is 10.0. The number of hydrogen-bond acceptors (Lipinski definition) is 4. The summed E-state index contributed by atoms with van der Waals surface area (Å²) in [4.78, 5) is 2.50. The van der Waals surface area contributed by atoms with Gasteiger partial charge in [0, 0.05) is 30.0 Å². The molecule has 1 aliphatic carbocycles. The van der Waals surface area contributed by atoms with Gasteiger partial charge in [-0.05, 0) is 62.4 Å². The van der Waals surface area contributed by atoms with Gasteiger partial charge in [-0.2, -0.15) is 5.26 Å². The Kier molecular flexibility index (Phi) is 4.94. The molecule has 1 fully saturated rings. The van der Waals surface area contributed by atoms with Crippen molar-refractivity contribution in [3.05, 3.63) is 53.6 Å². The van der Waals surface area contributed by atoms with Gasteiger partial charge in [0.25, 0.3) is 0 Å². The Bertz CT molecular complexity index is 836. The molecule has 27 heavy (non-hydrogen) atoms. The SMILES string of the molecule is CCNc1ccc(C2C(C#N)c3ccc(OCC)cc3N2C2CCC2)cc1. The highest BCUT2D eigenvalue weighted by Crippen LogP contribution is 2.53. The minimum atomic E-state index is -0.152. The van der Waals surface area contributed by atoms with E-state index in [4.69, 9.17) is 4.74 Å². The maximum Gasteiger partial charge on any atom is 0.121 e. The molecule has 2 aromatic carbocycles. The van der Waals surface area contributed by atoms with Crippen LogP contribution in [0.4, 0.5) is 11.4 Å². The zero-order valence-corrected chi connectivity index (χ0v) is 16.1. The van der Waals surface area contributed by atoms with Crippen LogP contribution in [0, 0.1) is 11.3 Å². The molecule has 0 saturated heterocycles. The number of anilines is 2. The highest BCUT2D eigenvalue weighted by atomic mass is 16.5. The van der Waals surface area contributed by atoms with Crippen molar-refractivity contribution in [3.8, 4) is 11.8 Å². The summed E-state index contributed by atoms with van der Waals surface area (Å²) in [5.74, 6) is 0.738. The van der Waals surface area contributed by atoms with Gasteiger partial charge in [-0.1, -0.05) is 18.2 Å². The average molecular weight is 361 g/mol. The molecule has 2 atom stereocenters. The van der Waals surface area contributed by atoms with Gasteiger partial charge in [0.15, 0.2) is 0 Å². The van der Waals surface area contributed by atoms with Crippen molar-refractivity contribution in [2.75, 3.05) is 23.4 Å². The minimum absolute atomic E-state index is 0.0721. The molecule has 0 radical (unpaired) electrons. The van der Waals surface area contributed by atoms with Crippen LogP contribution in [-0.2, 0) is 0 Å². The Balaban J connectivity index is 1.75. The van der Waals surface area contributed by atoms with Crippen molar-refractivity contribution in [3.63, 3.8) is 0 Å². The first-order valence-electron chi connectivity index (χ1n) is 10.0. The summed E-state index contributed by atoms with van der Waals surface area (Å²) in [6.07, 6.45) is 3.66. The Morgan fingerprint density at radius 2 is 1.93 bits per heavy atom. The molecule has 2 aromatic rings. The van der Waals surface area contributed by atoms with Gasteiger partial charge >= 0.3 is 0 Å². The fraction of sp³-hybridized carbons (Fsp3) is 0.435. The van der Waals surface area contributed by atoms with Crippen LogP contribution < -0.4 is 15.0 Å². The number of nitrogens with zero attached hydrogens (tertiary/aromatic N) is 2. The van der Waals surface area contributed by atoms with Gasteiger partial charge in [0.05, 0.1) is 24.6 Å². The van der Waals surface area contributed by atoms with Gasteiger partial charge in [-0.25, -0.2) is 0 Å². The predicted molar refractivity (Wildman–Crippen MR) is 109 cm³/mol. The zero-order valence-electron chi connectivity index (χ0n) is 16.1. The molecule has 4 heteroatoms. The molecule has 4 nitrogen and oxygen atoms in total. The number of hydrogen-bond donors (Lipinski definition) is 1. The smallest absolute Gasteiger partial charge is 0.121 e. The summed E-state index contributed by atoms with van der Waals surface area (Å²) in [6.45, 7) is 5.66. The van der Waals surface area contributed by atoms with Crippen LogP contribution in [0.1, 0.15) is 56.2 Å². The molecule has 0 bridgehead atoms. The minimum Gasteiger partial charge on any atom is -0.494 e. The van der Waals surface area contributed by atoms with Crippen LogP contribution in [0.3, 0.4) is 0 Å². The maximum absolute atomic E-state index is 10.0. The zero-order chi connectivity index (χ0) is 18.8. The van der Waals surface area contributed by atoms with Gasteiger partial charge < -0.3 is 15.0 Å². The van der Waals surface area contributed by atoms with Crippen molar-refractivity contribution in [1.29, 1.82) is 5.26 Å². The maximum atomic E-state index is 10.0. The van der Waals surface area contributed by atoms with Crippen LogP contribution >= 0.6 is 0 Å².